The lowest BCUT2D eigenvalue weighted by atomic mass is 10.2. The molecule has 0 atom stereocenters. The summed E-state index contributed by atoms with van der Waals surface area (Å²) in [4.78, 5) is 12.3. The SMILES string of the molecule is CN(c1ccc(C(=O)Nc2ccc(Br)cc2)c(Cl)c1)S(C)(=O)=O. The fourth-order valence-corrected chi connectivity index (χ4v) is 2.83. The number of rotatable bonds is 4. The van der Waals surface area contributed by atoms with Crippen LogP contribution in [-0.4, -0.2) is 27.6 Å². The maximum Gasteiger partial charge on any atom is 0.257 e. The van der Waals surface area contributed by atoms with Gasteiger partial charge < -0.3 is 5.32 Å². The van der Waals surface area contributed by atoms with E-state index in [9.17, 15) is 13.2 Å². The molecule has 0 aromatic heterocycles. The molecule has 0 fully saturated rings. The number of carbonyl (C=O) groups excluding carboxylic acids is 1. The molecule has 0 bridgehead atoms. The van der Waals surface area contributed by atoms with Crippen LogP contribution >= 0.6 is 27.5 Å². The lowest BCUT2D eigenvalue weighted by molar-refractivity contribution is 0.102. The number of amides is 1. The van der Waals surface area contributed by atoms with Gasteiger partial charge in [0, 0.05) is 17.2 Å². The molecule has 8 heteroatoms. The highest BCUT2D eigenvalue weighted by Gasteiger charge is 2.16. The summed E-state index contributed by atoms with van der Waals surface area (Å²) in [6, 6.07) is 11.6. The summed E-state index contributed by atoms with van der Waals surface area (Å²) < 4.78 is 25.1. The van der Waals surface area contributed by atoms with E-state index in [0.717, 1.165) is 15.0 Å². The molecular formula is C15H14BrClN2O3S. The molecule has 0 radical (unpaired) electrons. The van der Waals surface area contributed by atoms with Crippen LogP contribution in [0.3, 0.4) is 0 Å². The number of nitrogens with zero attached hydrogens (tertiary/aromatic N) is 1. The van der Waals surface area contributed by atoms with Crippen LogP contribution in [0.25, 0.3) is 0 Å². The van der Waals surface area contributed by atoms with Crippen molar-refractivity contribution in [3.8, 4) is 0 Å². The average Bonchev–Trinajstić information content (AvgIpc) is 2.47. The standard InChI is InChI=1S/C15H14BrClN2O3S/c1-19(23(2,21)22)12-7-8-13(14(17)9-12)15(20)18-11-5-3-10(16)4-6-11/h3-9H,1-2H3,(H,18,20). The first-order chi connectivity index (χ1) is 10.7. The number of anilines is 2. The van der Waals surface area contributed by atoms with Gasteiger partial charge in [0.2, 0.25) is 10.0 Å². The zero-order valence-electron chi connectivity index (χ0n) is 12.4. The van der Waals surface area contributed by atoms with E-state index in [1.165, 1.54) is 25.2 Å². The largest absolute Gasteiger partial charge is 0.322 e. The topological polar surface area (TPSA) is 66.5 Å². The van der Waals surface area contributed by atoms with Crippen LogP contribution in [0.5, 0.6) is 0 Å². The fourth-order valence-electron chi connectivity index (χ4n) is 1.81. The minimum atomic E-state index is -3.39. The molecule has 0 aliphatic heterocycles. The van der Waals surface area contributed by atoms with Crippen LogP contribution < -0.4 is 9.62 Å². The Kier molecular flexibility index (Phi) is 5.33. The summed E-state index contributed by atoms with van der Waals surface area (Å²) in [6.45, 7) is 0. The van der Waals surface area contributed by atoms with Crippen LogP contribution in [0.15, 0.2) is 46.9 Å². The van der Waals surface area contributed by atoms with Gasteiger partial charge in [-0.15, -0.1) is 0 Å². The highest BCUT2D eigenvalue weighted by Crippen LogP contribution is 2.25. The van der Waals surface area contributed by atoms with Crippen molar-refractivity contribution in [1.29, 1.82) is 0 Å². The third-order valence-electron chi connectivity index (χ3n) is 3.16. The molecule has 0 unspecified atom stereocenters. The Morgan fingerprint density at radius 2 is 1.78 bits per heavy atom. The lowest BCUT2D eigenvalue weighted by Gasteiger charge is -2.17. The Hall–Kier alpha value is -1.57. The Morgan fingerprint density at radius 1 is 1.17 bits per heavy atom. The molecule has 0 aliphatic carbocycles. The lowest BCUT2D eigenvalue weighted by Crippen LogP contribution is -2.25. The number of benzene rings is 2. The molecule has 0 aliphatic rings. The van der Waals surface area contributed by atoms with Crippen molar-refractivity contribution in [3.05, 3.63) is 57.5 Å². The molecule has 0 heterocycles. The second-order valence-electron chi connectivity index (χ2n) is 4.86. The van der Waals surface area contributed by atoms with Gasteiger partial charge in [-0.1, -0.05) is 27.5 Å². The molecule has 1 N–H and O–H groups in total. The van der Waals surface area contributed by atoms with E-state index < -0.39 is 10.0 Å². The van der Waals surface area contributed by atoms with Gasteiger partial charge in [0.1, 0.15) is 0 Å². The summed E-state index contributed by atoms with van der Waals surface area (Å²) >= 11 is 9.44. The Bertz CT molecular complexity index is 838. The van der Waals surface area contributed by atoms with E-state index in [-0.39, 0.29) is 16.5 Å². The van der Waals surface area contributed by atoms with Gasteiger partial charge in [-0.3, -0.25) is 9.10 Å². The van der Waals surface area contributed by atoms with Crippen LogP contribution in [0.4, 0.5) is 11.4 Å². The van der Waals surface area contributed by atoms with Gasteiger partial charge in [-0.2, -0.15) is 0 Å². The van der Waals surface area contributed by atoms with Crippen LogP contribution in [0, 0.1) is 0 Å². The highest BCUT2D eigenvalue weighted by molar-refractivity contribution is 9.10. The minimum Gasteiger partial charge on any atom is -0.322 e. The molecule has 0 spiro atoms. The molecule has 2 rings (SSSR count). The fraction of sp³-hybridized carbons (Fsp3) is 0.133. The van der Waals surface area contributed by atoms with Crippen molar-refractivity contribution in [2.24, 2.45) is 0 Å². The Labute approximate surface area is 148 Å². The zero-order chi connectivity index (χ0) is 17.2. The maximum atomic E-state index is 12.3. The summed E-state index contributed by atoms with van der Waals surface area (Å²) in [5.74, 6) is -0.370. The van der Waals surface area contributed by atoms with Crippen LogP contribution in [-0.2, 0) is 10.0 Å². The van der Waals surface area contributed by atoms with Gasteiger partial charge in [-0.05, 0) is 42.5 Å². The van der Waals surface area contributed by atoms with Crippen molar-refractivity contribution in [2.75, 3.05) is 22.9 Å². The molecule has 5 nitrogen and oxygen atoms in total. The van der Waals surface area contributed by atoms with E-state index >= 15 is 0 Å². The highest BCUT2D eigenvalue weighted by atomic mass is 79.9. The maximum absolute atomic E-state index is 12.3. The van der Waals surface area contributed by atoms with E-state index in [2.05, 4.69) is 21.2 Å². The van der Waals surface area contributed by atoms with Gasteiger partial charge in [-0.25, -0.2) is 8.42 Å². The van der Waals surface area contributed by atoms with Crippen molar-refractivity contribution < 1.29 is 13.2 Å². The van der Waals surface area contributed by atoms with E-state index in [0.29, 0.717) is 11.4 Å². The third kappa shape index (κ3) is 4.46. The first kappa shape index (κ1) is 17.8. The van der Waals surface area contributed by atoms with Crippen molar-refractivity contribution in [3.63, 3.8) is 0 Å². The number of nitrogens with one attached hydrogen (secondary N) is 1. The molecule has 23 heavy (non-hydrogen) atoms. The predicted octanol–water partition coefficient (Wildman–Crippen LogP) is 3.75. The summed E-state index contributed by atoms with van der Waals surface area (Å²) in [5, 5.41) is 2.90. The van der Waals surface area contributed by atoms with Crippen molar-refractivity contribution in [2.45, 2.75) is 0 Å². The van der Waals surface area contributed by atoms with Crippen molar-refractivity contribution >= 4 is 54.8 Å². The Morgan fingerprint density at radius 3 is 2.30 bits per heavy atom. The molecule has 122 valence electrons. The molecule has 0 saturated carbocycles. The molecule has 1 amide bonds. The van der Waals surface area contributed by atoms with E-state index in [4.69, 9.17) is 11.6 Å². The summed E-state index contributed by atoms with van der Waals surface area (Å²) in [7, 11) is -1.97. The average molecular weight is 418 g/mol. The third-order valence-corrected chi connectivity index (χ3v) is 5.21. The van der Waals surface area contributed by atoms with Gasteiger partial charge in [0.25, 0.3) is 5.91 Å². The predicted molar refractivity (Wildman–Crippen MR) is 96.8 cm³/mol. The molecule has 2 aromatic rings. The van der Waals surface area contributed by atoms with Crippen molar-refractivity contribution in [1.82, 2.24) is 0 Å². The van der Waals surface area contributed by atoms with Gasteiger partial charge in [0.05, 0.1) is 22.5 Å². The second kappa shape index (κ2) is 6.90. The van der Waals surface area contributed by atoms with E-state index in [1.807, 2.05) is 0 Å². The number of halogens is 2. The number of hydrogen-bond acceptors (Lipinski definition) is 3. The molecular weight excluding hydrogens is 404 g/mol. The molecule has 0 saturated heterocycles. The second-order valence-corrected chi connectivity index (χ2v) is 8.19. The molecule has 2 aromatic carbocycles. The summed E-state index contributed by atoms with van der Waals surface area (Å²) in [6.07, 6.45) is 1.09. The van der Waals surface area contributed by atoms with E-state index in [1.54, 1.807) is 24.3 Å². The van der Waals surface area contributed by atoms with Crippen LogP contribution in [0.2, 0.25) is 5.02 Å². The number of hydrogen-bond donors (Lipinski definition) is 1. The monoisotopic (exact) mass is 416 g/mol. The van der Waals surface area contributed by atoms with Gasteiger partial charge in [0.15, 0.2) is 0 Å². The summed E-state index contributed by atoms with van der Waals surface area (Å²) in [5.41, 5.74) is 1.28. The van der Waals surface area contributed by atoms with Gasteiger partial charge >= 0.3 is 0 Å². The first-order valence-electron chi connectivity index (χ1n) is 6.49. The normalized spacial score (nSPS) is 11.1. The quantitative estimate of drug-likeness (QED) is 0.824. The van der Waals surface area contributed by atoms with Crippen LogP contribution in [0.1, 0.15) is 10.4 Å². The Balaban J connectivity index is 2.23. The smallest absolute Gasteiger partial charge is 0.257 e. The first-order valence-corrected chi connectivity index (χ1v) is 9.51. The number of carbonyl (C=O) groups is 1. The zero-order valence-corrected chi connectivity index (χ0v) is 15.5. The minimum absolute atomic E-state index is 0.174. The number of sulfonamides is 1.